The third kappa shape index (κ3) is 3.34. The summed E-state index contributed by atoms with van der Waals surface area (Å²) in [6.45, 7) is 2.23. The largest absolute Gasteiger partial charge is 0.322 e. The van der Waals surface area contributed by atoms with Crippen molar-refractivity contribution in [2.24, 2.45) is 0 Å². The van der Waals surface area contributed by atoms with E-state index in [2.05, 4.69) is 22.0 Å². The van der Waals surface area contributed by atoms with Gasteiger partial charge in [-0.15, -0.1) is 0 Å². The van der Waals surface area contributed by atoms with Crippen LogP contribution >= 0.6 is 0 Å². The molecule has 3 amide bonds. The topological polar surface area (TPSA) is 90.5 Å². The Labute approximate surface area is 177 Å². The van der Waals surface area contributed by atoms with Crippen molar-refractivity contribution in [1.29, 1.82) is 0 Å². The maximum Gasteiger partial charge on any atom is 0.255 e. The van der Waals surface area contributed by atoms with Crippen molar-refractivity contribution < 1.29 is 14.4 Å². The molecule has 1 aromatic rings. The van der Waals surface area contributed by atoms with E-state index in [0.717, 1.165) is 30.6 Å². The van der Waals surface area contributed by atoms with Crippen LogP contribution in [0.2, 0.25) is 0 Å². The van der Waals surface area contributed by atoms with Crippen LogP contribution in [0.25, 0.3) is 0 Å². The lowest BCUT2D eigenvalue weighted by atomic mass is 9.85. The van der Waals surface area contributed by atoms with E-state index < -0.39 is 6.04 Å². The smallest absolute Gasteiger partial charge is 0.255 e. The molecule has 1 aromatic carbocycles. The zero-order valence-corrected chi connectivity index (χ0v) is 17.3. The van der Waals surface area contributed by atoms with Crippen molar-refractivity contribution in [3.05, 3.63) is 34.9 Å². The number of hydrogen-bond acceptors (Lipinski definition) is 5. The summed E-state index contributed by atoms with van der Waals surface area (Å²) in [5.74, 6) is -0.716. The molecule has 3 aliphatic heterocycles. The van der Waals surface area contributed by atoms with Crippen LogP contribution in [0.4, 0.5) is 0 Å². The SMILES string of the molecule is O=C1CCC(N2Cc3c(CNC45CCCCCC4NCC5)cccc3C2=O)C(=O)N1. The quantitative estimate of drug-likeness (QED) is 0.656. The molecule has 0 spiro atoms. The van der Waals surface area contributed by atoms with Gasteiger partial charge >= 0.3 is 0 Å². The lowest BCUT2D eigenvalue weighted by molar-refractivity contribution is -0.136. The minimum atomic E-state index is -0.563. The second kappa shape index (κ2) is 7.78. The average Bonchev–Trinajstić information content (AvgIpc) is 3.22. The number of benzene rings is 1. The molecule has 0 aromatic heterocycles. The average molecular weight is 411 g/mol. The number of rotatable bonds is 4. The maximum atomic E-state index is 13.0. The highest BCUT2D eigenvalue weighted by Gasteiger charge is 2.43. The molecular weight excluding hydrogens is 380 g/mol. The van der Waals surface area contributed by atoms with E-state index in [1.165, 1.54) is 32.1 Å². The fourth-order valence-electron chi connectivity index (χ4n) is 5.87. The van der Waals surface area contributed by atoms with E-state index in [4.69, 9.17) is 0 Å². The normalized spacial score (nSPS) is 31.3. The molecule has 3 unspecified atom stereocenters. The lowest BCUT2D eigenvalue weighted by Gasteiger charge is -2.35. The second-order valence-electron chi connectivity index (χ2n) is 9.21. The van der Waals surface area contributed by atoms with Gasteiger partial charge in [0.15, 0.2) is 0 Å². The van der Waals surface area contributed by atoms with Crippen molar-refractivity contribution in [1.82, 2.24) is 20.9 Å². The Hall–Kier alpha value is -2.25. The third-order valence-electron chi connectivity index (χ3n) is 7.55. The van der Waals surface area contributed by atoms with Gasteiger partial charge in [0.2, 0.25) is 11.8 Å². The number of nitrogens with one attached hydrogen (secondary N) is 3. The second-order valence-corrected chi connectivity index (χ2v) is 9.21. The van der Waals surface area contributed by atoms with Crippen molar-refractivity contribution in [3.63, 3.8) is 0 Å². The molecule has 3 fully saturated rings. The number of amides is 3. The molecule has 160 valence electrons. The molecule has 0 bridgehead atoms. The zero-order chi connectivity index (χ0) is 20.7. The fourth-order valence-corrected chi connectivity index (χ4v) is 5.87. The van der Waals surface area contributed by atoms with Crippen LogP contribution in [0.1, 0.15) is 72.9 Å². The van der Waals surface area contributed by atoms with Crippen molar-refractivity contribution in [2.75, 3.05) is 6.54 Å². The highest BCUT2D eigenvalue weighted by atomic mass is 16.2. The van der Waals surface area contributed by atoms with Crippen LogP contribution in [0.3, 0.4) is 0 Å². The Bertz CT molecular complexity index is 885. The molecule has 0 radical (unpaired) electrons. The van der Waals surface area contributed by atoms with Gasteiger partial charge in [-0.3, -0.25) is 19.7 Å². The van der Waals surface area contributed by atoms with Crippen LogP contribution in [0, 0.1) is 0 Å². The van der Waals surface area contributed by atoms with Gasteiger partial charge in [-0.2, -0.15) is 0 Å². The van der Waals surface area contributed by atoms with E-state index in [1.54, 1.807) is 4.90 Å². The Morgan fingerprint density at radius 2 is 2.00 bits per heavy atom. The number of imide groups is 1. The molecular formula is C23H30N4O3. The van der Waals surface area contributed by atoms with Gasteiger partial charge in [0, 0.05) is 36.7 Å². The van der Waals surface area contributed by atoms with Crippen LogP contribution in [0.5, 0.6) is 0 Å². The van der Waals surface area contributed by atoms with Gasteiger partial charge in [0.25, 0.3) is 5.91 Å². The molecule has 3 atom stereocenters. The Kier molecular flexibility index (Phi) is 5.11. The van der Waals surface area contributed by atoms with E-state index in [-0.39, 0.29) is 29.7 Å². The van der Waals surface area contributed by atoms with Crippen LogP contribution in [0.15, 0.2) is 18.2 Å². The van der Waals surface area contributed by atoms with Crippen LogP contribution < -0.4 is 16.0 Å². The van der Waals surface area contributed by atoms with Crippen LogP contribution in [-0.4, -0.2) is 46.8 Å². The molecule has 4 aliphatic rings. The first-order valence-corrected chi connectivity index (χ1v) is 11.3. The number of nitrogens with zero attached hydrogens (tertiary/aromatic N) is 1. The molecule has 5 rings (SSSR count). The third-order valence-corrected chi connectivity index (χ3v) is 7.55. The maximum absolute atomic E-state index is 13.0. The van der Waals surface area contributed by atoms with Gasteiger partial charge in [0.1, 0.15) is 6.04 Å². The fraction of sp³-hybridized carbons (Fsp3) is 0.609. The summed E-state index contributed by atoms with van der Waals surface area (Å²) in [5.41, 5.74) is 3.00. The summed E-state index contributed by atoms with van der Waals surface area (Å²) in [5, 5.41) is 9.96. The van der Waals surface area contributed by atoms with E-state index >= 15 is 0 Å². The Morgan fingerprint density at radius 3 is 2.87 bits per heavy atom. The van der Waals surface area contributed by atoms with Gasteiger partial charge in [-0.05, 0) is 49.4 Å². The summed E-state index contributed by atoms with van der Waals surface area (Å²) in [4.78, 5) is 38.5. The molecule has 1 saturated carbocycles. The molecule has 7 heteroatoms. The zero-order valence-electron chi connectivity index (χ0n) is 17.3. The lowest BCUT2D eigenvalue weighted by Crippen LogP contribution is -2.53. The van der Waals surface area contributed by atoms with Crippen LogP contribution in [-0.2, 0) is 22.7 Å². The summed E-state index contributed by atoms with van der Waals surface area (Å²) in [6.07, 6.45) is 8.10. The summed E-state index contributed by atoms with van der Waals surface area (Å²) in [7, 11) is 0. The van der Waals surface area contributed by atoms with E-state index in [0.29, 0.717) is 24.6 Å². The first-order chi connectivity index (χ1) is 14.6. The monoisotopic (exact) mass is 410 g/mol. The predicted molar refractivity (Wildman–Crippen MR) is 112 cm³/mol. The number of carbonyl (C=O) groups excluding carboxylic acids is 3. The first kappa shape index (κ1) is 19.7. The minimum Gasteiger partial charge on any atom is -0.322 e. The number of piperidine rings is 1. The first-order valence-electron chi connectivity index (χ1n) is 11.3. The number of fused-ring (bicyclic) bond motifs is 2. The van der Waals surface area contributed by atoms with Crippen molar-refractivity contribution >= 4 is 17.7 Å². The summed E-state index contributed by atoms with van der Waals surface area (Å²) < 4.78 is 0. The Balaban J connectivity index is 1.34. The number of hydrogen-bond donors (Lipinski definition) is 3. The van der Waals surface area contributed by atoms with Gasteiger partial charge in [0.05, 0.1) is 0 Å². The predicted octanol–water partition coefficient (Wildman–Crippen LogP) is 1.60. The Morgan fingerprint density at radius 1 is 1.10 bits per heavy atom. The molecule has 2 saturated heterocycles. The summed E-state index contributed by atoms with van der Waals surface area (Å²) >= 11 is 0. The van der Waals surface area contributed by atoms with E-state index in [9.17, 15) is 14.4 Å². The van der Waals surface area contributed by atoms with Gasteiger partial charge in [-0.25, -0.2) is 0 Å². The van der Waals surface area contributed by atoms with Gasteiger partial charge < -0.3 is 15.5 Å². The van der Waals surface area contributed by atoms with E-state index in [1.807, 2.05) is 12.1 Å². The molecule has 7 nitrogen and oxygen atoms in total. The minimum absolute atomic E-state index is 0.102. The standard InChI is InChI=1S/C23H30N4O3/c28-20-9-8-18(21(29)26-20)27-14-17-15(5-4-6-16(17)22(27)30)13-25-23-10-3-1-2-7-19(23)24-12-11-23/h4-6,18-19,24-25H,1-3,7-14H2,(H,26,28,29). The summed E-state index contributed by atoms with van der Waals surface area (Å²) in [6, 6.07) is 5.86. The molecule has 1 aliphatic carbocycles. The highest BCUT2D eigenvalue weighted by molar-refractivity contribution is 6.05. The number of carbonyl (C=O) groups is 3. The highest BCUT2D eigenvalue weighted by Crippen LogP contribution is 2.35. The molecule has 30 heavy (non-hydrogen) atoms. The van der Waals surface area contributed by atoms with Gasteiger partial charge in [-0.1, -0.05) is 31.4 Å². The molecule has 3 heterocycles. The van der Waals surface area contributed by atoms with Crippen molar-refractivity contribution in [3.8, 4) is 0 Å². The molecule has 3 N–H and O–H groups in total. The van der Waals surface area contributed by atoms with Crippen molar-refractivity contribution in [2.45, 2.75) is 82.1 Å².